The second kappa shape index (κ2) is 6.36. The van der Waals surface area contributed by atoms with Crippen LogP contribution in [0.25, 0.3) is 6.08 Å². The van der Waals surface area contributed by atoms with Crippen molar-refractivity contribution >= 4 is 17.9 Å². The largest absolute Gasteiger partial charge is 0.496 e. The molecule has 3 rings (SSSR count). The number of carbonyl (C=O) groups excluding carboxylic acids is 1. The highest BCUT2D eigenvalue weighted by Crippen LogP contribution is 2.27. The summed E-state index contributed by atoms with van der Waals surface area (Å²) in [5.74, 6) is 0.983. The van der Waals surface area contributed by atoms with E-state index in [9.17, 15) is 4.79 Å². The molecule has 5 heteroatoms. The van der Waals surface area contributed by atoms with Gasteiger partial charge in [-0.25, -0.2) is 9.79 Å². The lowest BCUT2D eigenvalue weighted by Crippen LogP contribution is -2.06. The van der Waals surface area contributed by atoms with Crippen molar-refractivity contribution < 1.29 is 19.0 Å². The fourth-order valence-corrected chi connectivity index (χ4v) is 2.28. The average Bonchev–Trinajstić information content (AvgIpc) is 2.96. The van der Waals surface area contributed by atoms with Crippen LogP contribution in [0.5, 0.6) is 11.5 Å². The highest BCUT2D eigenvalue weighted by Gasteiger charge is 2.26. The van der Waals surface area contributed by atoms with Gasteiger partial charge in [-0.2, -0.15) is 0 Å². The number of carbonyl (C=O) groups is 1. The van der Waals surface area contributed by atoms with Crippen LogP contribution in [-0.2, 0) is 9.53 Å². The van der Waals surface area contributed by atoms with Crippen molar-refractivity contribution in [3.63, 3.8) is 0 Å². The number of ether oxygens (including phenoxy) is 3. The summed E-state index contributed by atoms with van der Waals surface area (Å²) >= 11 is 0. The molecule has 23 heavy (non-hydrogen) atoms. The molecular formula is C18H15NO4. The van der Waals surface area contributed by atoms with Gasteiger partial charge in [0.05, 0.1) is 19.8 Å². The Labute approximate surface area is 133 Å². The van der Waals surface area contributed by atoms with Gasteiger partial charge < -0.3 is 14.2 Å². The maximum absolute atomic E-state index is 12.1. The first-order valence-corrected chi connectivity index (χ1v) is 7.02. The summed E-state index contributed by atoms with van der Waals surface area (Å²) in [5.41, 5.74) is 1.61. The molecule has 0 aliphatic carbocycles. The number of nitrogens with zero attached hydrogens (tertiary/aromatic N) is 1. The molecule has 0 radical (unpaired) electrons. The number of esters is 1. The Kier molecular flexibility index (Phi) is 4.10. The smallest absolute Gasteiger partial charge is 0.363 e. The molecule has 5 nitrogen and oxygen atoms in total. The second-order valence-corrected chi connectivity index (χ2v) is 4.78. The third kappa shape index (κ3) is 2.94. The number of cyclic esters (lactones) is 1. The number of hydrogen-bond donors (Lipinski definition) is 0. The Hall–Kier alpha value is -3.08. The van der Waals surface area contributed by atoms with Gasteiger partial charge in [0.2, 0.25) is 5.90 Å². The van der Waals surface area contributed by atoms with Gasteiger partial charge in [0.25, 0.3) is 0 Å². The van der Waals surface area contributed by atoms with Crippen LogP contribution in [0.2, 0.25) is 0 Å². The van der Waals surface area contributed by atoms with Crippen molar-refractivity contribution in [2.75, 3.05) is 14.2 Å². The van der Waals surface area contributed by atoms with Gasteiger partial charge in [0.15, 0.2) is 5.70 Å². The second-order valence-electron chi connectivity index (χ2n) is 4.78. The molecule has 1 aliphatic rings. The summed E-state index contributed by atoms with van der Waals surface area (Å²) in [6, 6.07) is 14.6. The SMILES string of the molecule is COc1ccccc1C=C1N=C(c2ccccc2OC)OC1=O. The Morgan fingerprint density at radius 2 is 1.61 bits per heavy atom. The first kappa shape index (κ1) is 14.8. The summed E-state index contributed by atoms with van der Waals surface area (Å²) < 4.78 is 15.8. The van der Waals surface area contributed by atoms with Gasteiger partial charge >= 0.3 is 5.97 Å². The van der Waals surface area contributed by atoms with Crippen molar-refractivity contribution in [2.24, 2.45) is 4.99 Å². The quantitative estimate of drug-likeness (QED) is 0.643. The fraction of sp³-hybridized carbons (Fsp3) is 0.111. The molecule has 0 fully saturated rings. The van der Waals surface area contributed by atoms with E-state index in [1.165, 1.54) is 0 Å². The maximum Gasteiger partial charge on any atom is 0.363 e. The highest BCUT2D eigenvalue weighted by atomic mass is 16.6. The lowest BCUT2D eigenvalue weighted by molar-refractivity contribution is -0.129. The molecular weight excluding hydrogens is 294 g/mol. The van der Waals surface area contributed by atoms with Crippen molar-refractivity contribution in [1.29, 1.82) is 0 Å². The first-order valence-electron chi connectivity index (χ1n) is 7.02. The van der Waals surface area contributed by atoms with E-state index in [0.717, 1.165) is 5.56 Å². The van der Waals surface area contributed by atoms with E-state index in [1.807, 2.05) is 36.4 Å². The molecule has 0 N–H and O–H groups in total. The highest BCUT2D eigenvalue weighted by molar-refractivity contribution is 6.13. The Bertz CT molecular complexity index is 808. The van der Waals surface area contributed by atoms with Crippen LogP contribution in [0, 0.1) is 0 Å². The first-order chi connectivity index (χ1) is 11.2. The van der Waals surface area contributed by atoms with Crippen molar-refractivity contribution in [3.05, 3.63) is 65.4 Å². The van der Waals surface area contributed by atoms with E-state index in [4.69, 9.17) is 14.2 Å². The summed E-state index contributed by atoms with van der Waals surface area (Å²) in [4.78, 5) is 16.4. The topological polar surface area (TPSA) is 57.1 Å². The maximum atomic E-state index is 12.1. The molecule has 0 spiro atoms. The molecule has 0 saturated carbocycles. The standard InChI is InChI=1S/C18H15NO4/c1-21-15-9-5-3-7-12(15)11-14-18(20)23-17(19-14)13-8-4-6-10-16(13)22-2/h3-11H,1-2H3. The molecule has 2 aromatic rings. The van der Waals surface area contributed by atoms with Crippen LogP contribution >= 0.6 is 0 Å². The fourth-order valence-electron chi connectivity index (χ4n) is 2.28. The molecule has 1 heterocycles. The minimum atomic E-state index is -0.503. The Morgan fingerprint density at radius 1 is 0.957 bits per heavy atom. The Balaban J connectivity index is 2.00. The normalized spacial score (nSPS) is 15.3. The predicted octanol–water partition coefficient (Wildman–Crippen LogP) is 3.05. The van der Waals surface area contributed by atoms with Gasteiger partial charge in [-0.15, -0.1) is 0 Å². The van der Waals surface area contributed by atoms with E-state index in [2.05, 4.69) is 4.99 Å². The number of methoxy groups -OCH3 is 2. The van der Waals surface area contributed by atoms with Gasteiger partial charge in [-0.05, 0) is 24.3 Å². The molecule has 116 valence electrons. The van der Waals surface area contributed by atoms with E-state index < -0.39 is 5.97 Å². The minimum absolute atomic E-state index is 0.218. The molecule has 1 aliphatic heterocycles. The van der Waals surface area contributed by atoms with Crippen molar-refractivity contribution in [2.45, 2.75) is 0 Å². The monoisotopic (exact) mass is 309 g/mol. The summed E-state index contributed by atoms with van der Waals surface area (Å²) in [6.45, 7) is 0. The molecule has 0 aromatic heterocycles. The van der Waals surface area contributed by atoms with Crippen LogP contribution < -0.4 is 9.47 Å². The number of benzene rings is 2. The van der Waals surface area contributed by atoms with Gasteiger partial charge in [-0.1, -0.05) is 30.3 Å². The van der Waals surface area contributed by atoms with Crippen LogP contribution in [-0.4, -0.2) is 26.1 Å². The summed E-state index contributed by atoms with van der Waals surface area (Å²) in [5, 5.41) is 0. The zero-order valence-corrected chi connectivity index (χ0v) is 12.8. The van der Waals surface area contributed by atoms with Gasteiger partial charge in [0, 0.05) is 5.56 Å². The zero-order chi connectivity index (χ0) is 16.2. The van der Waals surface area contributed by atoms with E-state index in [-0.39, 0.29) is 11.6 Å². The molecule has 0 amide bonds. The van der Waals surface area contributed by atoms with Crippen LogP contribution in [0.3, 0.4) is 0 Å². The number of hydrogen-bond acceptors (Lipinski definition) is 5. The van der Waals surface area contributed by atoms with Crippen LogP contribution in [0.15, 0.2) is 59.2 Å². The molecule has 0 unspecified atom stereocenters. The van der Waals surface area contributed by atoms with Crippen LogP contribution in [0.1, 0.15) is 11.1 Å². The number of aliphatic imine (C=N–C) groups is 1. The molecule has 2 aromatic carbocycles. The van der Waals surface area contributed by atoms with Gasteiger partial charge in [-0.3, -0.25) is 0 Å². The molecule has 0 saturated heterocycles. The summed E-state index contributed by atoms with van der Waals surface area (Å²) in [6.07, 6.45) is 1.64. The van der Waals surface area contributed by atoms with Crippen molar-refractivity contribution in [3.8, 4) is 11.5 Å². The lowest BCUT2D eigenvalue weighted by Gasteiger charge is -2.05. The number of rotatable bonds is 4. The predicted molar refractivity (Wildman–Crippen MR) is 86.6 cm³/mol. The lowest BCUT2D eigenvalue weighted by atomic mass is 10.1. The van der Waals surface area contributed by atoms with Crippen LogP contribution in [0.4, 0.5) is 0 Å². The third-order valence-electron chi connectivity index (χ3n) is 3.39. The number of para-hydroxylation sites is 2. The average molecular weight is 309 g/mol. The van der Waals surface area contributed by atoms with E-state index >= 15 is 0 Å². The molecule has 0 atom stereocenters. The third-order valence-corrected chi connectivity index (χ3v) is 3.39. The summed E-state index contributed by atoms with van der Waals surface area (Å²) in [7, 11) is 3.13. The van der Waals surface area contributed by atoms with Crippen molar-refractivity contribution in [1.82, 2.24) is 0 Å². The Morgan fingerprint density at radius 3 is 2.35 bits per heavy atom. The minimum Gasteiger partial charge on any atom is -0.496 e. The zero-order valence-electron chi connectivity index (χ0n) is 12.8. The molecule has 0 bridgehead atoms. The van der Waals surface area contributed by atoms with E-state index in [1.54, 1.807) is 32.4 Å². The van der Waals surface area contributed by atoms with E-state index in [0.29, 0.717) is 17.1 Å². The van der Waals surface area contributed by atoms with Gasteiger partial charge in [0.1, 0.15) is 11.5 Å².